The van der Waals surface area contributed by atoms with Gasteiger partial charge in [0.25, 0.3) is 0 Å². The summed E-state index contributed by atoms with van der Waals surface area (Å²) in [5.41, 5.74) is 0.192. The first-order valence-electron chi connectivity index (χ1n) is 13.6. The number of carboxylic acids is 2. The molecule has 0 aliphatic carbocycles. The van der Waals surface area contributed by atoms with Crippen molar-refractivity contribution in [3.63, 3.8) is 0 Å². The Kier molecular flexibility index (Phi) is 18.3. The monoisotopic (exact) mass is 620 g/mol. The lowest BCUT2D eigenvalue weighted by atomic mass is 10.0. The van der Waals surface area contributed by atoms with Crippen LogP contribution in [0.3, 0.4) is 0 Å². The van der Waals surface area contributed by atoms with Gasteiger partial charge >= 0.3 is 31.7 Å². The molecule has 8 heteroatoms. The molecule has 0 fully saturated rings. The van der Waals surface area contributed by atoms with Crippen molar-refractivity contribution in [3.05, 3.63) is 26.8 Å². The van der Waals surface area contributed by atoms with E-state index < -0.39 is 44.6 Å². The molecule has 7 nitrogen and oxygen atoms in total. The van der Waals surface area contributed by atoms with E-state index >= 15 is 0 Å². The Bertz CT molecular complexity index is 803. The molecule has 1 aromatic carbocycles. The van der Waals surface area contributed by atoms with Crippen LogP contribution in [0.15, 0.2) is 12.1 Å². The lowest BCUT2D eigenvalue weighted by molar-refractivity contribution is -0.137. The number of benzene rings is 1. The Balaban J connectivity index is 2.24. The molecule has 0 radical (unpaired) electrons. The number of carboxylic acid groups (broad SMARTS) is 2. The number of aliphatic carboxylic acids is 2. The van der Waals surface area contributed by atoms with Crippen LogP contribution in [0.1, 0.15) is 121 Å². The van der Waals surface area contributed by atoms with Crippen LogP contribution in [-0.4, -0.2) is 28.8 Å². The van der Waals surface area contributed by atoms with Crippen molar-refractivity contribution in [2.75, 3.05) is 6.61 Å². The molecule has 0 aliphatic heterocycles. The highest BCUT2D eigenvalue weighted by Crippen LogP contribution is 2.31. The molecule has 0 heterocycles. The Morgan fingerprint density at radius 3 is 1.36 bits per heavy atom. The van der Waals surface area contributed by atoms with Crippen LogP contribution >= 0.6 is 19.8 Å². The molecule has 0 atom stereocenters. The van der Waals surface area contributed by atoms with Gasteiger partial charge in [0.2, 0.25) is 0 Å². The number of unbranched alkanes of at least 4 members (excludes halogenated alkanes) is 15. The van der Waals surface area contributed by atoms with Crippen molar-refractivity contribution in [2.24, 2.45) is 0 Å². The van der Waals surface area contributed by atoms with Crippen molar-refractivity contribution in [3.8, 4) is 5.75 Å². The van der Waals surface area contributed by atoms with Crippen LogP contribution in [0.2, 0.25) is 0 Å². The van der Waals surface area contributed by atoms with Gasteiger partial charge in [0.05, 0.1) is 23.0 Å². The third-order valence-electron chi connectivity index (χ3n) is 6.30. The predicted octanol–water partition coefficient (Wildman–Crippen LogP) is 7.95. The lowest BCUT2D eigenvalue weighted by Gasteiger charge is -2.12. The number of carbonyl (C=O) groups is 2. The second-order valence-electron chi connectivity index (χ2n) is 9.57. The third-order valence-corrected chi connectivity index (χ3v) is 8.57. The van der Waals surface area contributed by atoms with E-state index in [4.69, 9.17) is 14.9 Å². The number of ether oxygens (including phenoxy) is 1. The first kappa shape index (κ1) is 32.3. The molecule has 0 spiro atoms. The van der Waals surface area contributed by atoms with E-state index in [9.17, 15) is 15.7 Å². The quantitative estimate of drug-likeness (QED) is 0.0942. The van der Waals surface area contributed by atoms with E-state index in [0.717, 1.165) is 19.3 Å². The molecule has 36 heavy (non-hydrogen) atoms. The molecule has 0 aromatic heterocycles. The van der Waals surface area contributed by atoms with Gasteiger partial charge in [0.1, 0.15) is 5.75 Å². The second-order valence-corrected chi connectivity index (χ2v) is 11.9. The molecule has 0 amide bonds. The second kappa shape index (κ2) is 20.4. The SMILES string of the molecule is CCCCCCCCCCCCCCCCCCOc1cc(CC(=O)O)c(I(=O)=O)c(CC(=O)O)c1. The summed E-state index contributed by atoms with van der Waals surface area (Å²) in [5, 5.41) is 18.3. The molecule has 1 rings (SSSR count). The summed E-state index contributed by atoms with van der Waals surface area (Å²) in [4.78, 5) is 22.3. The van der Waals surface area contributed by atoms with Gasteiger partial charge in [-0.3, -0.25) is 9.59 Å². The van der Waals surface area contributed by atoms with Gasteiger partial charge in [-0.25, -0.2) is 6.14 Å². The summed E-state index contributed by atoms with van der Waals surface area (Å²) in [5.74, 6) is -2.03. The zero-order valence-corrected chi connectivity index (χ0v) is 24.1. The minimum absolute atomic E-state index is 0.0958. The first-order chi connectivity index (χ1) is 17.3. The zero-order chi connectivity index (χ0) is 26.6. The lowest BCUT2D eigenvalue weighted by Crippen LogP contribution is -2.09. The van der Waals surface area contributed by atoms with Crippen molar-refractivity contribution < 1.29 is 30.7 Å². The van der Waals surface area contributed by atoms with Crippen LogP contribution in [0.25, 0.3) is 0 Å². The van der Waals surface area contributed by atoms with Crippen molar-refractivity contribution >= 4 is 31.7 Å². The average Bonchev–Trinajstić information content (AvgIpc) is 2.80. The number of rotatable bonds is 23. The minimum Gasteiger partial charge on any atom is -0.494 e. The Labute approximate surface area is 223 Å². The highest BCUT2D eigenvalue weighted by molar-refractivity contribution is 14.2. The molecule has 0 unspecified atom stereocenters. The van der Waals surface area contributed by atoms with Crippen molar-refractivity contribution in [1.82, 2.24) is 0 Å². The molecule has 0 aliphatic rings. The number of halogens is 1. The zero-order valence-electron chi connectivity index (χ0n) is 21.9. The normalized spacial score (nSPS) is 11.2. The maximum atomic E-state index is 11.7. The number of hydrogen-bond acceptors (Lipinski definition) is 5. The highest BCUT2D eigenvalue weighted by Gasteiger charge is 2.20. The van der Waals surface area contributed by atoms with E-state index in [2.05, 4.69) is 6.92 Å². The van der Waals surface area contributed by atoms with Gasteiger partial charge in [-0.2, -0.15) is 0 Å². The van der Waals surface area contributed by atoms with Crippen LogP contribution in [-0.2, 0) is 28.6 Å². The highest BCUT2D eigenvalue weighted by atomic mass is 127. The molecule has 2 N–H and O–H groups in total. The van der Waals surface area contributed by atoms with Gasteiger partial charge in [-0.1, -0.05) is 103 Å². The maximum absolute atomic E-state index is 11.7. The van der Waals surface area contributed by atoms with Gasteiger partial charge in [0.15, 0.2) is 0 Å². The fourth-order valence-electron chi connectivity index (χ4n) is 4.42. The van der Waals surface area contributed by atoms with Crippen LogP contribution in [0.5, 0.6) is 5.75 Å². The summed E-state index contributed by atoms with van der Waals surface area (Å²) >= 11 is -4.08. The van der Waals surface area contributed by atoms with Gasteiger partial charge < -0.3 is 14.9 Å². The van der Waals surface area contributed by atoms with E-state index in [-0.39, 0.29) is 14.7 Å². The molecule has 1 aromatic rings. The maximum Gasteiger partial charge on any atom is 0.341 e. The minimum atomic E-state index is -4.08. The standard InChI is InChI=1S/C28H45IO7/c1-2-3-4-5-6-7-8-9-10-11-12-13-14-15-16-17-18-36-25-19-23(21-26(30)31)28(29(34)35)24(20-25)22-27(32)33/h19-20H,2-18,21-22H2,1H3,(H,30,31)(H,32,33). The van der Waals surface area contributed by atoms with E-state index in [0.29, 0.717) is 12.4 Å². The van der Waals surface area contributed by atoms with Crippen LogP contribution < -0.4 is 4.74 Å². The molecule has 0 saturated carbocycles. The first-order valence-corrected chi connectivity index (χ1v) is 16.5. The van der Waals surface area contributed by atoms with Crippen molar-refractivity contribution in [1.29, 1.82) is 0 Å². The summed E-state index contributed by atoms with van der Waals surface area (Å²) in [6.07, 6.45) is 19.4. The average molecular weight is 621 g/mol. The third kappa shape index (κ3) is 15.4. The molecule has 206 valence electrons. The fourth-order valence-corrected chi connectivity index (χ4v) is 6.25. The van der Waals surface area contributed by atoms with Gasteiger partial charge in [0, 0.05) is 0 Å². The molecular weight excluding hydrogens is 575 g/mol. The van der Waals surface area contributed by atoms with E-state index in [1.807, 2.05) is 0 Å². The van der Waals surface area contributed by atoms with Crippen molar-refractivity contribution in [2.45, 2.75) is 122 Å². The van der Waals surface area contributed by atoms with Gasteiger partial charge in [-0.05, 0) is 29.7 Å². The summed E-state index contributed by atoms with van der Waals surface area (Å²) in [6, 6.07) is 2.84. The number of hydrogen-bond donors (Lipinski definition) is 2. The predicted molar refractivity (Wildman–Crippen MR) is 148 cm³/mol. The fraction of sp³-hybridized carbons (Fsp3) is 0.714. The molecule has 0 bridgehead atoms. The van der Waals surface area contributed by atoms with Crippen LogP contribution in [0, 0.1) is 3.57 Å². The summed E-state index contributed by atoms with van der Waals surface area (Å²) in [6.45, 7) is 2.68. The molecular formula is C28H45IO7. The Morgan fingerprint density at radius 1 is 0.667 bits per heavy atom. The molecule has 0 saturated heterocycles. The largest absolute Gasteiger partial charge is 0.494 e. The van der Waals surface area contributed by atoms with Gasteiger partial charge in [-0.15, -0.1) is 0 Å². The topological polar surface area (TPSA) is 118 Å². The Hall–Kier alpha value is -1.71. The van der Waals surface area contributed by atoms with E-state index in [1.165, 1.54) is 95.6 Å². The van der Waals surface area contributed by atoms with Crippen LogP contribution in [0.4, 0.5) is 0 Å². The Morgan fingerprint density at radius 2 is 1.03 bits per heavy atom. The smallest absolute Gasteiger partial charge is 0.341 e. The van der Waals surface area contributed by atoms with E-state index in [1.54, 1.807) is 0 Å². The summed E-state index contributed by atoms with van der Waals surface area (Å²) in [7, 11) is 0. The summed E-state index contributed by atoms with van der Waals surface area (Å²) < 4.78 is 29.1.